The number of carboxylic acids is 1. The lowest BCUT2D eigenvalue weighted by atomic mass is 10.0. The van der Waals surface area contributed by atoms with Crippen molar-refractivity contribution in [2.24, 2.45) is 33.7 Å². The Morgan fingerprint density at radius 1 is 0.763 bits per heavy atom. The highest BCUT2D eigenvalue weighted by Gasteiger charge is 2.30. The van der Waals surface area contributed by atoms with Gasteiger partial charge in [0.1, 0.15) is 18.1 Å². The zero-order chi connectivity index (χ0) is 28.9. The maximum absolute atomic E-state index is 13.2. The zero-order valence-corrected chi connectivity index (χ0v) is 23.1. The van der Waals surface area contributed by atoms with E-state index in [1.165, 1.54) is 0 Å². The van der Waals surface area contributed by atoms with E-state index in [4.69, 9.17) is 28.7 Å². The first-order valence-electron chi connectivity index (χ1n) is 12.9. The molecule has 14 nitrogen and oxygen atoms in total. The number of nitrogens with zero attached hydrogens (tertiary/aromatic N) is 1. The number of aliphatic carboxylic acids is 1. The van der Waals surface area contributed by atoms with Crippen LogP contribution in [-0.2, 0) is 19.2 Å². The van der Waals surface area contributed by atoms with Gasteiger partial charge in [-0.3, -0.25) is 19.4 Å². The molecule has 0 aliphatic rings. The van der Waals surface area contributed by atoms with Gasteiger partial charge in [0.05, 0.1) is 6.04 Å². The van der Waals surface area contributed by atoms with Crippen molar-refractivity contribution < 1.29 is 24.3 Å². The predicted octanol–water partition coefficient (Wildman–Crippen LogP) is -2.08. The van der Waals surface area contributed by atoms with Gasteiger partial charge in [-0.05, 0) is 82.9 Å². The van der Waals surface area contributed by atoms with E-state index in [2.05, 4.69) is 20.9 Å². The van der Waals surface area contributed by atoms with Crippen molar-refractivity contribution in [2.75, 3.05) is 31.6 Å². The third-order valence-corrected chi connectivity index (χ3v) is 6.33. The Morgan fingerprint density at radius 2 is 1.24 bits per heavy atom. The molecule has 0 radical (unpaired) electrons. The van der Waals surface area contributed by atoms with Gasteiger partial charge in [0.15, 0.2) is 5.96 Å². The summed E-state index contributed by atoms with van der Waals surface area (Å²) in [4.78, 5) is 54.4. The Kier molecular flexibility index (Phi) is 19.9. The minimum atomic E-state index is -1.19. The molecule has 4 atom stereocenters. The van der Waals surface area contributed by atoms with Crippen LogP contribution in [0.2, 0.25) is 0 Å². The van der Waals surface area contributed by atoms with Crippen LogP contribution in [0.4, 0.5) is 0 Å². The van der Waals surface area contributed by atoms with E-state index in [1.54, 1.807) is 11.8 Å². The molecule has 0 saturated carbocycles. The molecule has 0 heterocycles. The number of carboxylic acid groups (broad SMARTS) is 1. The Hall–Kier alpha value is -2.62. The molecule has 0 aliphatic heterocycles. The molecule has 0 rings (SSSR count). The summed E-state index contributed by atoms with van der Waals surface area (Å²) in [5.74, 6) is -2.32. The van der Waals surface area contributed by atoms with Crippen LogP contribution >= 0.6 is 11.8 Å². The van der Waals surface area contributed by atoms with Crippen molar-refractivity contribution in [1.29, 1.82) is 0 Å². The van der Waals surface area contributed by atoms with E-state index in [1.807, 2.05) is 6.26 Å². The van der Waals surface area contributed by atoms with Crippen LogP contribution in [0.5, 0.6) is 0 Å². The predicted molar refractivity (Wildman–Crippen MR) is 150 cm³/mol. The fraction of sp³-hybridized carbons (Fsp3) is 0.783. The van der Waals surface area contributed by atoms with Gasteiger partial charge in [-0.2, -0.15) is 11.8 Å². The third-order valence-electron chi connectivity index (χ3n) is 5.69. The molecule has 3 amide bonds. The highest BCUT2D eigenvalue weighted by molar-refractivity contribution is 7.98. The molecular formula is C23H47N9O5S. The van der Waals surface area contributed by atoms with Gasteiger partial charge in [0.2, 0.25) is 17.7 Å². The first-order chi connectivity index (χ1) is 18.1. The summed E-state index contributed by atoms with van der Waals surface area (Å²) in [5.41, 5.74) is 27.7. The van der Waals surface area contributed by atoms with E-state index >= 15 is 0 Å². The quantitative estimate of drug-likeness (QED) is 0.0393. The topological polar surface area (TPSA) is 267 Å². The Labute approximate surface area is 229 Å². The number of unbranched alkanes of at least 4 members (excludes halogenated alkanes) is 2. The third kappa shape index (κ3) is 16.3. The second-order valence-corrected chi connectivity index (χ2v) is 9.91. The highest BCUT2D eigenvalue weighted by Crippen LogP contribution is 2.08. The number of thioether (sulfide) groups is 1. The highest BCUT2D eigenvalue weighted by atomic mass is 32.2. The van der Waals surface area contributed by atoms with Gasteiger partial charge in [-0.25, -0.2) is 4.79 Å². The normalized spacial score (nSPS) is 14.0. The summed E-state index contributed by atoms with van der Waals surface area (Å²) in [7, 11) is 0. The van der Waals surface area contributed by atoms with Crippen LogP contribution in [0, 0.1) is 0 Å². The van der Waals surface area contributed by atoms with E-state index in [-0.39, 0.29) is 25.3 Å². The Bertz CT molecular complexity index is 753. The molecule has 15 heteroatoms. The average Bonchev–Trinajstić information content (AvgIpc) is 2.87. The monoisotopic (exact) mass is 561 g/mol. The summed E-state index contributed by atoms with van der Waals surface area (Å²) in [6.45, 7) is 1.04. The molecule has 220 valence electrons. The van der Waals surface area contributed by atoms with Crippen molar-refractivity contribution >= 4 is 41.4 Å². The molecule has 0 bridgehead atoms. The lowest BCUT2D eigenvalue weighted by Gasteiger charge is -2.25. The largest absolute Gasteiger partial charge is 0.480 e. The number of guanidine groups is 1. The van der Waals surface area contributed by atoms with Crippen molar-refractivity contribution in [3.63, 3.8) is 0 Å². The summed E-state index contributed by atoms with van der Waals surface area (Å²) in [5, 5.41) is 17.4. The number of hydrogen-bond acceptors (Lipinski definition) is 9. The maximum Gasteiger partial charge on any atom is 0.326 e. The Balaban J connectivity index is 5.59. The molecule has 0 aliphatic carbocycles. The SMILES string of the molecule is CSCCC(N)C(=O)NC(CCCCN)C(=O)NC(CCCN=C(N)N)C(=O)NC(CCCCN)C(=O)O. The molecule has 0 fully saturated rings. The summed E-state index contributed by atoms with van der Waals surface area (Å²) >= 11 is 1.55. The van der Waals surface area contributed by atoms with Crippen molar-refractivity contribution in [1.82, 2.24) is 16.0 Å². The van der Waals surface area contributed by atoms with Gasteiger partial charge in [0.25, 0.3) is 0 Å². The van der Waals surface area contributed by atoms with Gasteiger partial charge in [-0.1, -0.05) is 0 Å². The standard InChI is InChI=1S/C23H47N9O5S/c1-38-14-10-15(26)19(33)30-16(7-2-4-11-24)20(34)31-17(9-6-13-29-23(27)28)21(35)32-18(22(36)37)8-3-5-12-25/h15-18H,2-14,24-26H2,1H3,(H,30,33)(H,31,34)(H,32,35)(H,36,37)(H4,27,28,29). The van der Waals surface area contributed by atoms with E-state index in [0.29, 0.717) is 63.8 Å². The molecule has 38 heavy (non-hydrogen) atoms. The van der Waals surface area contributed by atoms with Crippen molar-refractivity contribution in [3.8, 4) is 0 Å². The fourth-order valence-corrected chi connectivity index (χ4v) is 3.97. The number of nitrogens with one attached hydrogen (secondary N) is 3. The fourth-order valence-electron chi connectivity index (χ4n) is 3.48. The number of carbonyl (C=O) groups excluding carboxylic acids is 3. The summed E-state index contributed by atoms with van der Waals surface area (Å²) in [6.07, 6.45) is 5.65. The molecule has 0 saturated heterocycles. The van der Waals surface area contributed by atoms with Crippen molar-refractivity contribution in [3.05, 3.63) is 0 Å². The zero-order valence-electron chi connectivity index (χ0n) is 22.3. The Morgan fingerprint density at radius 3 is 1.71 bits per heavy atom. The van der Waals surface area contributed by atoms with Gasteiger partial charge < -0.3 is 49.7 Å². The smallest absolute Gasteiger partial charge is 0.326 e. The van der Waals surface area contributed by atoms with Crippen LogP contribution in [0.25, 0.3) is 0 Å². The second kappa shape index (κ2) is 21.3. The van der Waals surface area contributed by atoms with E-state index in [9.17, 15) is 24.3 Å². The molecule has 0 aromatic rings. The van der Waals surface area contributed by atoms with Crippen LogP contribution in [-0.4, -0.2) is 90.6 Å². The molecule has 0 aromatic heterocycles. The lowest BCUT2D eigenvalue weighted by Crippen LogP contribution is -2.57. The number of aliphatic imine (C=N–C) groups is 1. The number of rotatable bonds is 22. The molecular weight excluding hydrogens is 514 g/mol. The average molecular weight is 562 g/mol. The van der Waals surface area contributed by atoms with Gasteiger partial charge in [0, 0.05) is 6.54 Å². The first kappa shape index (κ1) is 35.4. The molecule has 0 aromatic carbocycles. The molecule has 14 N–H and O–H groups in total. The van der Waals surface area contributed by atoms with Crippen LogP contribution in [0.15, 0.2) is 4.99 Å². The minimum absolute atomic E-state index is 0.110. The summed E-state index contributed by atoms with van der Waals surface area (Å²) < 4.78 is 0. The van der Waals surface area contributed by atoms with Crippen molar-refractivity contribution in [2.45, 2.75) is 82.0 Å². The van der Waals surface area contributed by atoms with Crippen LogP contribution < -0.4 is 44.6 Å². The van der Waals surface area contributed by atoms with Gasteiger partial charge in [-0.15, -0.1) is 0 Å². The van der Waals surface area contributed by atoms with Crippen LogP contribution in [0.3, 0.4) is 0 Å². The first-order valence-corrected chi connectivity index (χ1v) is 14.3. The maximum atomic E-state index is 13.2. The number of hydrogen-bond donors (Lipinski definition) is 9. The van der Waals surface area contributed by atoms with E-state index < -0.39 is 47.9 Å². The van der Waals surface area contributed by atoms with Crippen LogP contribution in [0.1, 0.15) is 57.8 Å². The number of nitrogens with two attached hydrogens (primary N) is 5. The second-order valence-electron chi connectivity index (χ2n) is 8.93. The summed E-state index contributed by atoms with van der Waals surface area (Å²) in [6, 6.07) is -3.94. The minimum Gasteiger partial charge on any atom is -0.480 e. The number of amides is 3. The molecule has 4 unspecified atom stereocenters. The van der Waals surface area contributed by atoms with Gasteiger partial charge >= 0.3 is 5.97 Å². The molecule has 0 spiro atoms. The van der Waals surface area contributed by atoms with E-state index in [0.717, 1.165) is 0 Å². The number of carbonyl (C=O) groups is 4. The lowest BCUT2D eigenvalue weighted by molar-refractivity contribution is -0.142.